The topological polar surface area (TPSA) is 38.7 Å². The third-order valence-corrected chi connectivity index (χ3v) is 14.3. The molecule has 4 aromatic rings. The van der Waals surface area contributed by atoms with Crippen molar-refractivity contribution in [1.29, 1.82) is 0 Å². The Morgan fingerprint density at radius 1 is 0.684 bits per heavy atom. The molecule has 4 rings (SSSR count). The van der Waals surface area contributed by atoms with Crippen LogP contribution in [-0.2, 0) is 4.43 Å². The van der Waals surface area contributed by atoms with E-state index in [1.165, 1.54) is 32.6 Å². The largest absolute Gasteiger partial charge is 0.508 e. The monoisotopic (exact) mass is 543 g/mol. The molecule has 0 aliphatic rings. The number of phenols is 1. The van der Waals surface area contributed by atoms with Crippen LogP contribution in [0, 0.1) is 20.8 Å². The molecule has 0 atom stereocenters. The van der Waals surface area contributed by atoms with E-state index in [0.717, 1.165) is 23.5 Å². The van der Waals surface area contributed by atoms with E-state index < -0.39 is 15.6 Å². The molecular weight excluding hydrogens is 503 g/mol. The molecule has 0 fully saturated rings. The summed E-state index contributed by atoms with van der Waals surface area (Å²) in [5.41, 5.74) is 3.66. The van der Waals surface area contributed by atoms with Crippen LogP contribution in [0.2, 0.25) is 19.1 Å². The van der Waals surface area contributed by atoms with E-state index in [0.29, 0.717) is 6.61 Å². The molecule has 1 N–H and O–H groups in total. The number of ether oxygens (including phenoxy) is 1. The van der Waals surface area contributed by atoms with Gasteiger partial charge in [0.05, 0.1) is 6.61 Å². The molecule has 0 spiro atoms. The molecule has 198 valence electrons. The molecule has 4 aromatic carbocycles. The lowest BCUT2D eigenvalue weighted by atomic mass is 10.2. The van der Waals surface area contributed by atoms with E-state index in [1.807, 2.05) is 19.2 Å². The second-order valence-electron chi connectivity index (χ2n) is 10.7. The summed E-state index contributed by atoms with van der Waals surface area (Å²) < 4.78 is 12.3. The number of phenolic OH excluding ortho intramolecular Hbond substituents is 1. The number of rotatable bonds is 10. The van der Waals surface area contributed by atoms with Gasteiger partial charge < -0.3 is 14.3 Å². The zero-order chi connectivity index (χ0) is 27.3. The summed E-state index contributed by atoms with van der Waals surface area (Å²) in [4.78, 5) is 0. The van der Waals surface area contributed by atoms with E-state index in [2.05, 4.69) is 107 Å². The smallest absolute Gasteiger partial charge is 0.186 e. The third kappa shape index (κ3) is 6.04. The van der Waals surface area contributed by atoms with Gasteiger partial charge in [0.15, 0.2) is 19.4 Å². The van der Waals surface area contributed by atoms with Crippen LogP contribution in [0.5, 0.6) is 11.5 Å². The van der Waals surface area contributed by atoms with Crippen molar-refractivity contribution < 1.29 is 14.3 Å². The molecule has 38 heavy (non-hydrogen) atoms. The summed E-state index contributed by atoms with van der Waals surface area (Å²) in [6, 6.07) is 33.3. The molecule has 0 bridgehead atoms. The summed E-state index contributed by atoms with van der Waals surface area (Å²) in [7, 11) is -2.27. The number of benzene rings is 4. The first-order valence-electron chi connectivity index (χ1n) is 13.3. The van der Waals surface area contributed by atoms with Gasteiger partial charge in [-0.1, -0.05) is 53.1 Å². The Morgan fingerprint density at radius 2 is 1.13 bits per heavy atom. The quantitative estimate of drug-likeness (QED) is 0.140. The van der Waals surface area contributed by atoms with E-state index in [1.54, 1.807) is 6.07 Å². The van der Waals surface area contributed by atoms with Crippen LogP contribution in [0.3, 0.4) is 0 Å². The summed E-state index contributed by atoms with van der Waals surface area (Å²) in [5.74, 6) is 1.07. The van der Waals surface area contributed by atoms with Crippen molar-refractivity contribution >= 4 is 36.8 Å². The fourth-order valence-electron chi connectivity index (χ4n) is 4.84. The average molecular weight is 544 g/mol. The van der Waals surface area contributed by atoms with Gasteiger partial charge in [-0.15, -0.1) is 0 Å². The molecule has 0 saturated carbocycles. The maximum atomic E-state index is 10.8. The van der Waals surface area contributed by atoms with Gasteiger partial charge in [-0.2, -0.15) is 0 Å². The summed E-state index contributed by atoms with van der Waals surface area (Å²) >= 11 is 0. The molecule has 0 radical (unpaired) electrons. The Balaban J connectivity index is 1.96. The van der Waals surface area contributed by atoms with Gasteiger partial charge in [0, 0.05) is 13.2 Å². The van der Waals surface area contributed by atoms with Gasteiger partial charge in [0.1, 0.15) is 28.9 Å². The predicted molar refractivity (Wildman–Crippen MR) is 167 cm³/mol. The first-order chi connectivity index (χ1) is 18.2. The standard InChI is InChI=1S/C33H39O3PSi/c1-25-8-15-29(16-9-25)37(30-17-10-26(2)11-18-30,31-19-12-27(3)13-20-31)33-24-28(34)14-21-32(33)36-22-7-23-38(5,6)35-4/h8-21,24H,7,22-23H2,1-6H3/p+1. The summed E-state index contributed by atoms with van der Waals surface area (Å²) in [6.45, 7) is 11.4. The SMILES string of the molecule is CO[Si](C)(C)CCCOc1ccc(O)cc1[P+](c1ccc(C)cc1)(c1ccc(C)cc1)c1ccc(C)cc1. The minimum Gasteiger partial charge on any atom is -0.508 e. The maximum absolute atomic E-state index is 10.8. The van der Waals surface area contributed by atoms with Crippen molar-refractivity contribution in [3.63, 3.8) is 0 Å². The highest BCUT2D eigenvalue weighted by Crippen LogP contribution is 2.56. The van der Waals surface area contributed by atoms with Gasteiger partial charge in [-0.05, 0) is 94.9 Å². The van der Waals surface area contributed by atoms with Gasteiger partial charge in [-0.3, -0.25) is 0 Å². The van der Waals surface area contributed by atoms with E-state index in [4.69, 9.17) is 9.16 Å². The Morgan fingerprint density at radius 3 is 1.55 bits per heavy atom. The van der Waals surface area contributed by atoms with E-state index in [9.17, 15) is 5.11 Å². The molecule has 3 nitrogen and oxygen atoms in total. The molecule has 0 aliphatic heterocycles. The molecule has 0 aliphatic carbocycles. The van der Waals surface area contributed by atoms with Gasteiger partial charge in [0.25, 0.3) is 0 Å². The van der Waals surface area contributed by atoms with Crippen molar-refractivity contribution in [1.82, 2.24) is 0 Å². The fourth-order valence-corrected chi connectivity index (χ4v) is 10.4. The highest BCUT2D eigenvalue weighted by atomic mass is 31.2. The number of hydrogen-bond acceptors (Lipinski definition) is 3. The first kappa shape index (κ1) is 28.1. The van der Waals surface area contributed by atoms with Crippen molar-refractivity contribution in [2.24, 2.45) is 0 Å². The molecule has 0 unspecified atom stereocenters. The Kier molecular flexibility index (Phi) is 8.77. The molecule has 5 heteroatoms. The van der Waals surface area contributed by atoms with Gasteiger partial charge >= 0.3 is 0 Å². The molecule has 0 aromatic heterocycles. The number of aromatic hydroxyl groups is 1. The molecular formula is C33H40O3PSi+. The average Bonchev–Trinajstić information content (AvgIpc) is 2.91. The lowest BCUT2D eigenvalue weighted by molar-refractivity contribution is 0.313. The maximum Gasteiger partial charge on any atom is 0.186 e. The first-order valence-corrected chi connectivity index (χ1v) is 18.2. The highest BCUT2D eigenvalue weighted by molar-refractivity contribution is 8.01. The predicted octanol–water partition coefficient (Wildman–Crippen LogP) is 6.56. The minimum atomic E-state index is -2.42. The lowest BCUT2D eigenvalue weighted by Gasteiger charge is -2.29. The lowest BCUT2D eigenvalue weighted by Crippen LogP contribution is -2.39. The van der Waals surface area contributed by atoms with Crippen molar-refractivity contribution in [3.8, 4) is 11.5 Å². The van der Waals surface area contributed by atoms with Crippen molar-refractivity contribution in [2.75, 3.05) is 13.7 Å². The van der Waals surface area contributed by atoms with Crippen LogP contribution in [0.25, 0.3) is 0 Å². The van der Waals surface area contributed by atoms with Crippen LogP contribution < -0.4 is 26.0 Å². The Hall–Kier alpha value is -2.91. The van der Waals surface area contributed by atoms with E-state index >= 15 is 0 Å². The highest BCUT2D eigenvalue weighted by Gasteiger charge is 2.50. The Bertz CT molecular complexity index is 1240. The van der Waals surface area contributed by atoms with Crippen molar-refractivity contribution in [3.05, 3.63) is 108 Å². The normalized spacial score (nSPS) is 11.9. The molecule has 0 amide bonds. The number of aryl methyl sites for hydroxylation is 3. The van der Waals surface area contributed by atoms with Gasteiger partial charge in [-0.25, -0.2) is 0 Å². The number of hydrogen-bond donors (Lipinski definition) is 1. The Labute approximate surface area is 229 Å². The zero-order valence-corrected chi connectivity index (χ0v) is 25.4. The summed E-state index contributed by atoms with van der Waals surface area (Å²) in [5, 5.41) is 15.6. The van der Waals surface area contributed by atoms with Crippen LogP contribution in [0.4, 0.5) is 0 Å². The second kappa shape index (κ2) is 11.9. The van der Waals surface area contributed by atoms with E-state index in [-0.39, 0.29) is 5.75 Å². The summed E-state index contributed by atoms with van der Waals surface area (Å²) in [6.07, 6.45) is 0.929. The van der Waals surface area contributed by atoms with Crippen LogP contribution in [-0.4, -0.2) is 27.1 Å². The molecule has 0 saturated heterocycles. The second-order valence-corrected chi connectivity index (χ2v) is 18.5. The fraction of sp³-hybridized carbons (Fsp3) is 0.273. The zero-order valence-electron chi connectivity index (χ0n) is 23.5. The van der Waals surface area contributed by atoms with Gasteiger partial charge in [0.2, 0.25) is 0 Å². The van der Waals surface area contributed by atoms with Crippen LogP contribution >= 0.6 is 7.26 Å². The van der Waals surface area contributed by atoms with Crippen LogP contribution in [0.15, 0.2) is 91.0 Å². The molecule has 0 heterocycles. The third-order valence-electron chi connectivity index (χ3n) is 7.30. The van der Waals surface area contributed by atoms with Crippen molar-refractivity contribution in [2.45, 2.75) is 46.3 Å². The minimum absolute atomic E-state index is 0.246. The van der Waals surface area contributed by atoms with Crippen LogP contribution in [0.1, 0.15) is 23.1 Å².